The maximum absolute atomic E-state index is 9.48. The number of rotatable bonds is 1. The normalized spacial score (nSPS) is 51.5. The molecule has 11 heavy (non-hydrogen) atoms. The Bertz CT molecular complexity index is 149. The molecule has 0 amide bonds. The Morgan fingerprint density at radius 2 is 2.18 bits per heavy atom. The highest BCUT2D eigenvalue weighted by molar-refractivity contribution is 5.02. The molecule has 1 fully saturated rings. The molecule has 0 aromatic heterocycles. The number of nitrogens with two attached hydrogens (primary N) is 1. The van der Waals surface area contributed by atoms with Crippen LogP contribution in [-0.2, 0) is 4.74 Å². The van der Waals surface area contributed by atoms with E-state index in [1.54, 1.807) is 13.8 Å². The molecule has 1 heterocycles. The predicted molar refractivity (Wildman–Crippen MR) is 40.0 cm³/mol. The zero-order valence-corrected chi connectivity index (χ0v) is 6.82. The van der Waals surface area contributed by atoms with Gasteiger partial charge in [0, 0.05) is 0 Å². The molecular weight excluding hydrogens is 146 g/mol. The van der Waals surface area contributed by atoms with Gasteiger partial charge in [-0.2, -0.15) is 0 Å². The van der Waals surface area contributed by atoms with E-state index in [0.717, 1.165) is 0 Å². The van der Waals surface area contributed by atoms with Gasteiger partial charge in [-0.1, -0.05) is 0 Å². The second kappa shape index (κ2) is 2.71. The van der Waals surface area contributed by atoms with Crippen LogP contribution in [0.5, 0.6) is 0 Å². The monoisotopic (exact) mass is 161 g/mol. The van der Waals surface area contributed by atoms with Crippen molar-refractivity contribution in [1.29, 1.82) is 0 Å². The minimum atomic E-state index is -0.775. The van der Waals surface area contributed by atoms with Gasteiger partial charge in [0.25, 0.3) is 0 Å². The number of aliphatic hydroxyl groups excluding tert-OH is 2. The number of ether oxygens (including phenoxy) is 1. The lowest BCUT2D eigenvalue weighted by molar-refractivity contribution is -0.0171. The summed E-state index contributed by atoms with van der Waals surface area (Å²) >= 11 is 0. The summed E-state index contributed by atoms with van der Waals surface area (Å²) in [5, 5.41) is 18.2. The zero-order chi connectivity index (χ0) is 8.65. The summed E-state index contributed by atoms with van der Waals surface area (Å²) in [6.07, 6.45) is -1.52. The fourth-order valence-corrected chi connectivity index (χ4v) is 1.27. The molecule has 0 aromatic rings. The van der Waals surface area contributed by atoms with Gasteiger partial charge in [0.1, 0.15) is 12.2 Å². The Hall–Kier alpha value is -0.160. The van der Waals surface area contributed by atoms with Crippen LogP contribution in [0.1, 0.15) is 13.8 Å². The van der Waals surface area contributed by atoms with Gasteiger partial charge in [-0.15, -0.1) is 0 Å². The minimum Gasteiger partial charge on any atom is -0.394 e. The fourth-order valence-electron chi connectivity index (χ4n) is 1.27. The van der Waals surface area contributed by atoms with Crippen molar-refractivity contribution in [2.45, 2.75) is 37.7 Å². The first-order valence-electron chi connectivity index (χ1n) is 3.73. The number of aliphatic hydroxyl groups is 2. The van der Waals surface area contributed by atoms with E-state index >= 15 is 0 Å². The maximum Gasteiger partial charge on any atom is 0.109 e. The fraction of sp³-hybridized carbons (Fsp3) is 1.00. The largest absolute Gasteiger partial charge is 0.394 e. The van der Waals surface area contributed by atoms with E-state index in [0.29, 0.717) is 0 Å². The molecule has 0 saturated carbocycles. The van der Waals surface area contributed by atoms with E-state index in [1.807, 2.05) is 0 Å². The lowest BCUT2D eigenvalue weighted by atomic mass is 9.91. The minimum absolute atomic E-state index is 0.182. The summed E-state index contributed by atoms with van der Waals surface area (Å²) in [6.45, 7) is 3.33. The first kappa shape index (κ1) is 8.93. The number of hydrogen-bond donors (Lipinski definition) is 3. The van der Waals surface area contributed by atoms with Crippen LogP contribution in [0.3, 0.4) is 0 Å². The van der Waals surface area contributed by atoms with Gasteiger partial charge in [0.15, 0.2) is 0 Å². The maximum atomic E-state index is 9.48. The van der Waals surface area contributed by atoms with Crippen molar-refractivity contribution in [3.63, 3.8) is 0 Å². The smallest absolute Gasteiger partial charge is 0.109 e. The molecule has 1 rings (SSSR count). The summed E-state index contributed by atoms with van der Waals surface area (Å²) in [7, 11) is 0. The molecule has 0 bridgehead atoms. The molecule has 0 aliphatic carbocycles. The quantitative estimate of drug-likeness (QED) is 0.453. The van der Waals surface area contributed by atoms with E-state index in [1.165, 1.54) is 0 Å². The van der Waals surface area contributed by atoms with Crippen LogP contribution in [0.25, 0.3) is 0 Å². The molecule has 4 atom stereocenters. The molecule has 0 radical (unpaired) electrons. The van der Waals surface area contributed by atoms with Crippen molar-refractivity contribution in [3.8, 4) is 0 Å². The first-order chi connectivity index (χ1) is 5.00. The SMILES string of the molecule is CC1O[C@H](CO)[C@@H](O)[C@@]1(C)N. The van der Waals surface area contributed by atoms with Crippen molar-refractivity contribution in [1.82, 2.24) is 0 Å². The Kier molecular flexibility index (Phi) is 2.20. The van der Waals surface area contributed by atoms with E-state index in [9.17, 15) is 5.11 Å². The summed E-state index contributed by atoms with van der Waals surface area (Å²) in [6, 6.07) is 0. The van der Waals surface area contributed by atoms with Crippen molar-refractivity contribution < 1.29 is 14.9 Å². The van der Waals surface area contributed by atoms with Crippen LogP contribution in [0.4, 0.5) is 0 Å². The summed E-state index contributed by atoms with van der Waals surface area (Å²) < 4.78 is 5.21. The van der Waals surface area contributed by atoms with Crippen LogP contribution < -0.4 is 5.73 Å². The molecule has 1 saturated heterocycles. The lowest BCUT2D eigenvalue weighted by Gasteiger charge is -2.25. The van der Waals surface area contributed by atoms with E-state index < -0.39 is 17.7 Å². The van der Waals surface area contributed by atoms with Crippen LogP contribution in [0.15, 0.2) is 0 Å². The van der Waals surface area contributed by atoms with Gasteiger partial charge in [0.2, 0.25) is 0 Å². The van der Waals surface area contributed by atoms with Gasteiger partial charge < -0.3 is 20.7 Å². The third-order valence-corrected chi connectivity index (χ3v) is 2.42. The topological polar surface area (TPSA) is 75.7 Å². The Labute approximate surface area is 66.0 Å². The molecule has 0 spiro atoms. The van der Waals surface area contributed by atoms with Crippen molar-refractivity contribution in [2.75, 3.05) is 6.61 Å². The Morgan fingerprint density at radius 3 is 2.36 bits per heavy atom. The second-order valence-electron chi connectivity index (χ2n) is 3.31. The predicted octanol–water partition coefficient (Wildman–Crippen LogP) is -1.16. The van der Waals surface area contributed by atoms with E-state index in [4.69, 9.17) is 15.6 Å². The lowest BCUT2D eigenvalue weighted by Crippen LogP contribution is -2.52. The van der Waals surface area contributed by atoms with E-state index in [-0.39, 0.29) is 12.7 Å². The summed E-state index contributed by atoms with van der Waals surface area (Å²) in [5.74, 6) is 0. The Morgan fingerprint density at radius 1 is 1.64 bits per heavy atom. The van der Waals surface area contributed by atoms with Crippen molar-refractivity contribution >= 4 is 0 Å². The third-order valence-electron chi connectivity index (χ3n) is 2.42. The van der Waals surface area contributed by atoms with Crippen LogP contribution in [0, 0.1) is 0 Å². The highest BCUT2D eigenvalue weighted by Crippen LogP contribution is 2.27. The standard InChI is InChI=1S/C7H15NO3/c1-4-7(2,8)6(10)5(3-9)11-4/h4-6,9-10H,3,8H2,1-2H3/t4?,5-,6-,7+/m1/s1. The van der Waals surface area contributed by atoms with Crippen molar-refractivity contribution in [2.24, 2.45) is 5.73 Å². The highest BCUT2D eigenvalue weighted by Gasteiger charge is 2.47. The molecule has 0 aromatic carbocycles. The second-order valence-corrected chi connectivity index (χ2v) is 3.31. The molecule has 1 aliphatic rings. The first-order valence-corrected chi connectivity index (χ1v) is 3.73. The average Bonchev–Trinajstić information content (AvgIpc) is 2.14. The van der Waals surface area contributed by atoms with Crippen LogP contribution in [-0.4, -0.2) is 40.7 Å². The molecular formula is C7H15NO3. The molecule has 1 unspecified atom stereocenters. The zero-order valence-electron chi connectivity index (χ0n) is 6.82. The van der Waals surface area contributed by atoms with Crippen molar-refractivity contribution in [3.05, 3.63) is 0 Å². The molecule has 4 nitrogen and oxygen atoms in total. The van der Waals surface area contributed by atoms with Crippen LogP contribution in [0.2, 0.25) is 0 Å². The highest BCUT2D eigenvalue weighted by atomic mass is 16.5. The third kappa shape index (κ3) is 1.27. The molecule has 66 valence electrons. The average molecular weight is 161 g/mol. The van der Waals surface area contributed by atoms with Crippen LogP contribution >= 0.6 is 0 Å². The summed E-state index contributed by atoms with van der Waals surface area (Å²) in [5.41, 5.74) is 5.00. The van der Waals surface area contributed by atoms with Gasteiger partial charge in [-0.25, -0.2) is 0 Å². The number of hydrogen-bond acceptors (Lipinski definition) is 4. The van der Waals surface area contributed by atoms with Gasteiger partial charge in [-0.05, 0) is 13.8 Å². The molecule has 1 aliphatic heterocycles. The van der Waals surface area contributed by atoms with Gasteiger partial charge >= 0.3 is 0 Å². The molecule has 4 N–H and O–H groups in total. The summed E-state index contributed by atoms with van der Waals surface area (Å²) in [4.78, 5) is 0. The molecule has 4 heteroatoms. The Balaban J connectivity index is 2.71. The van der Waals surface area contributed by atoms with Gasteiger partial charge in [0.05, 0.1) is 18.2 Å². The van der Waals surface area contributed by atoms with E-state index in [2.05, 4.69) is 0 Å². The van der Waals surface area contributed by atoms with Gasteiger partial charge in [-0.3, -0.25) is 0 Å².